The molecule has 1 N–H and O–H groups in total. The lowest BCUT2D eigenvalue weighted by atomic mass is 10.2. The van der Waals surface area contributed by atoms with E-state index in [1.54, 1.807) is 16.2 Å². The summed E-state index contributed by atoms with van der Waals surface area (Å²) >= 11 is 1.78. The average Bonchev–Trinajstić information content (AvgIpc) is 2.73. The van der Waals surface area contributed by atoms with E-state index in [2.05, 4.69) is 31.3 Å². The number of hydrogen-bond donors (Lipinski definition) is 1. The maximum absolute atomic E-state index is 11.9. The molecule has 0 radical (unpaired) electrons. The van der Waals surface area contributed by atoms with Crippen molar-refractivity contribution in [2.45, 2.75) is 39.8 Å². The van der Waals surface area contributed by atoms with Gasteiger partial charge in [-0.15, -0.1) is 11.3 Å². The predicted molar refractivity (Wildman–Crippen MR) is 73.4 cm³/mol. The van der Waals surface area contributed by atoms with E-state index in [0.29, 0.717) is 0 Å². The van der Waals surface area contributed by atoms with Gasteiger partial charge in [0.25, 0.3) is 0 Å². The molecule has 0 spiro atoms. The van der Waals surface area contributed by atoms with Crippen LogP contribution in [0.3, 0.4) is 0 Å². The zero-order valence-corrected chi connectivity index (χ0v) is 12.1. The second-order valence-corrected chi connectivity index (χ2v) is 5.73. The van der Waals surface area contributed by atoms with E-state index in [1.165, 1.54) is 9.75 Å². The minimum Gasteiger partial charge on any atom is -0.345 e. The Labute approximate surface area is 108 Å². The smallest absolute Gasteiger partial charge is 0.239 e. The van der Waals surface area contributed by atoms with Gasteiger partial charge in [0.1, 0.15) is 0 Å². The highest BCUT2D eigenvalue weighted by Gasteiger charge is 2.19. The quantitative estimate of drug-likeness (QED) is 0.876. The monoisotopic (exact) mass is 254 g/mol. The first-order valence-electron chi connectivity index (χ1n) is 6.03. The molecule has 17 heavy (non-hydrogen) atoms. The highest BCUT2D eigenvalue weighted by atomic mass is 32.1. The number of amides is 1. The van der Waals surface area contributed by atoms with Crippen molar-refractivity contribution in [3.8, 4) is 0 Å². The Morgan fingerprint density at radius 1 is 1.47 bits per heavy atom. The fourth-order valence-electron chi connectivity index (χ4n) is 1.70. The molecular weight excluding hydrogens is 232 g/mol. The third kappa shape index (κ3) is 3.82. The maximum atomic E-state index is 11.9. The topological polar surface area (TPSA) is 32.3 Å². The first-order valence-corrected chi connectivity index (χ1v) is 6.84. The standard InChI is InChI=1S/C13H22N2OS/c1-6-15(5)13(16)11(4)14-10(3)12-8-7-9(2)17-12/h7-8,10-11,14H,6H2,1-5H3. The molecule has 0 bridgehead atoms. The lowest BCUT2D eigenvalue weighted by Gasteiger charge is -2.23. The van der Waals surface area contributed by atoms with Crippen LogP contribution in [0.15, 0.2) is 12.1 Å². The van der Waals surface area contributed by atoms with Crippen LogP contribution in [0.5, 0.6) is 0 Å². The molecule has 0 aliphatic heterocycles. The Morgan fingerprint density at radius 2 is 2.12 bits per heavy atom. The molecule has 4 heteroatoms. The maximum Gasteiger partial charge on any atom is 0.239 e. The van der Waals surface area contributed by atoms with Crippen LogP contribution in [-0.4, -0.2) is 30.4 Å². The highest BCUT2D eigenvalue weighted by Crippen LogP contribution is 2.22. The molecule has 96 valence electrons. The summed E-state index contributed by atoms with van der Waals surface area (Å²) in [6.45, 7) is 8.85. The minimum atomic E-state index is -0.141. The van der Waals surface area contributed by atoms with Gasteiger partial charge in [0.15, 0.2) is 0 Å². The molecule has 0 saturated carbocycles. The summed E-state index contributed by atoms with van der Waals surface area (Å²) in [5.41, 5.74) is 0. The van der Waals surface area contributed by atoms with Crippen molar-refractivity contribution >= 4 is 17.2 Å². The molecule has 1 heterocycles. The van der Waals surface area contributed by atoms with Crippen molar-refractivity contribution in [1.82, 2.24) is 10.2 Å². The lowest BCUT2D eigenvalue weighted by Crippen LogP contribution is -2.43. The Kier molecular flexibility index (Phi) is 5.15. The van der Waals surface area contributed by atoms with Crippen LogP contribution in [0.25, 0.3) is 0 Å². The molecule has 3 nitrogen and oxygen atoms in total. The van der Waals surface area contributed by atoms with Crippen LogP contribution in [0, 0.1) is 6.92 Å². The third-order valence-corrected chi connectivity index (χ3v) is 4.09. The number of likely N-dealkylation sites (N-methyl/N-ethyl adjacent to an activating group) is 1. The summed E-state index contributed by atoms with van der Waals surface area (Å²) < 4.78 is 0. The van der Waals surface area contributed by atoms with Gasteiger partial charge in [-0.3, -0.25) is 10.1 Å². The normalized spacial score (nSPS) is 14.4. The Balaban J connectivity index is 2.56. The van der Waals surface area contributed by atoms with Gasteiger partial charge in [-0.25, -0.2) is 0 Å². The molecule has 2 unspecified atom stereocenters. The summed E-state index contributed by atoms with van der Waals surface area (Å²) in [5, 5.41) is 3.34. The number of thiophene rings is 1. The first-order chi connectivity index (χ1) is 7.95. The SMILES string of the molecule is CCN(C)C(=O)C(C)NC(C)c1ccc(C)s1. The van der Waals surface area contributed by atoms with Gasteiger partial charge in [-0.05, 0) is 39.8 Å². The number of carbonyl (C=O) groups is 1. The Morgan fingerprint density at radius 3 is 2.59 bits per heavy atom. The van der Waals surface area contributed by atoms with Crippen molar-refractivity contribution in [1.29, 1.82) is 0 Å². The second kappa shape index (κ2) is 6.17. The van der Waals surface area contributed by atoms with Crippen molar-refractivity contribution in [3.05, 3.63) is 21.9 Å². The van der Waals surface area contributed by atoms with Gasteiger partial charge in [-0.1, -0.05) is 0 Å². The van der Waals surface area contributed by atoms with E-state index < -0.39 is 0 Å². The molecule has 1 amide bonds. The molecule has 0 aliphatic rings. The number of aryl methyl sites for hydroxylation is 1. The van der Waals surface area contributed by atoms with Gasteiger partial charge >= 0.3 is 0 Å². The van der Waals surface area contributed by atoms with Crippen molar-refractivity contribution in [2.75, 3.05) is 13.6 Å². The van der Waals surface area contributed by atoms with Gasteiger partial charge in [-0.2, -0.15) is 0 Å². The molecule has 0 fully saturated rings. The van der Waals surface area contributed by atoms with Crippen LogP contribution >= 0.6 is 11.3 Å². The van der Waals surface area contributed by atoms with Crippen LogP contribution in [-0.2, 0) is 4.79 Å². The highest BCUT2D eigenvalue weighted by molar-refractivity contribution is 7.12. The summed E-state index contributed by atoms with van der Waals surface area (Å²) in [6, 6.07) is 4.32. The summed E-state index contributed by atoms with van der Waals surface area (Å²) in [7, 11) is 1.83. The predicted octanol–water partition coefficient (Wildman–Crippen LogP) is 2.57. The van der Waals surface area contributed by atoms with E-state index in [1.807, 2.05) is 20.9 Å². The lowest BCUT2D eigenvalue weighted by molar-refractivity contribution is -0.131. The molecule has 1 rings (SSSR count). The van der Waals surface area contributed by atoms with Gasteiger partial charge in [0.2, 0.25) is 5.91 Å². The average molecular weight is 254 g/mol. The zero-order chi connectivity index (χ0) is 13.0. The van der Waals surface area contributed by atoms with E-state index in [4.69, 9.17) is 0 Å². The van der Waals surface area contributed by atoms with E-state index >= 15 is 0 Å². The van der Waals surface area contributed by atoms with Crippen molar-refractivity contribution in [3.63, 3.8) is 0 Å². The number of hydrogen-bond acceptors (Lipinski definition) is 3. The number of rotatable bonds is 5. The summed E-state index contributed by atoms with van der Waals surface area (Å²) in [5.74, 6) is 0.146. The number of carbonyl (C=O) groups excluding carboxylic acids is 1. The summed E-state index contributed by atoms with van der Waals surface area (Å²) in [6.07, 6.45) is 0. The number of nitrogens with zero attached hydrogens (tertiary/aromatic N) is 1. The zero-order valence-electron chi connectivity index (χ0n) is 11.3. The molecule has 1 aromatic rings. The van der Waals surface area contributed by atoms with E-state index in [9.17, 15) is 4.79 Å². The summed E-state index contributed by atoms with van der Waals surface area (Å²) in [4.78, 5) is 16.2. The Hall–Kier alpha value is -0.870. The first kappa shape index (κ1) is 14.2. The largest absolute Gasteiger partial charge is 0.345 e. The molecule has 2 atom stereocenters. The fraction of sp³-hybridized carbons (Fsp3) is 0.615. The van der Waals surface area contributed by atoms with Crippen LogP contribution in [0.1, 0.15) is 36.6 Å². The van der Waals surface area contributed by atoms with Crippen LogP contribution in [0.4, 0.5) is 0 Å². The molecule has 0 saturated heterocycles. The van der Waals surface area contributed by atoms with E-state index in [-0.39, 0.29) is 18.0 Å². The van der Waals surface area contributed by atoms with Gasteiger partial charge in [0.05, 0.1) is 6.04 Å². The minimum absolute atomic E-state index is 0.141. The second-order valence-electron chi connectivity index (χ2n) is 4.41. The van der Waals surface area contributed by atoms with Gasteiger partial charge < -0.3 is 4.90 Å². The van der Waals surface area contributed by atoms with Crippen LogP contribution < -0.4 is 5.32 Å². The molecule has 0 aromatic carbocycles. The fourth-order valence-corrected chi connectivity index (χ4v) is 2.59. The van der Waals surface area contributed by atoms with Crippen molar-refractivity contribution in [2.24, 2.45) is 0 Å². The molecule has 1 aromatic heterocycles. The van der Waals surface area contributed by atoms with Gasteiger partial charge in [0, 0.05) is 29.4 Å². The van der Waals surface area contributed by atoms with E-state index in [0.717, 1.165) is 6.54 Å². The van der Waals surface area contributed by atoms with Crippen LogP contribution in [0.2, 0.25) is 0 Å². The molecular formula is C13H22N2OS. The Bertz CT molecular complexity index is 375. The molecule has 0 aliphatic carbocycles. The van der Waals surface area contributed by atoms with Crippen molar-refractivity contribution < 1.29 is 4.79 Å². The number of nitrogens with one attached hydrogen (secondary N) is 1. The third-order valence-electron chi connectivity index (χ3n) is 2.91.